The normalized spacial score (nSPS) is 13.9. The fourth-order valence-corrected chi connectivity index (χ4v) is 1.65. The van der Waals surface area contributed by atoms with Crippen molar-refractivity contribution < 1.29 is 24.5 Å². The monoisotopic (exact) mass is 304 g/mol. The van der Waals surface area contributed by atoms with Crippen LogP contribution in [0.15, 0.2) is 18.2 Å². The quantitative estimate of drug-likeness (QED) is 0.808. The Hall–Kier alpha value is -1.27. The van der Waals surface area contributed by atoms with Gasteiger partial charge in [-0.2, -0.15) is 0 Å². The molecule has 0 saturated carbocycles. The molecular weight excluding hydrogens is 292 g/mol. The van der Waals surface area contributed by atoms with Gasteiger partial charge in [0.1, 0.15) is 10.9 Å². The molecule has 2 atom stereocenters. The zero-order valence-electron chi connectivity index (χ0n) is 9.38. The van der Waals surface area contributed by atoms with Crippen LogP contribution >= 0.6 is 15.9 Å². The Morgan fingerprint density at radius 3 is 2.35 bits per heavy atom. The molecule has 0 aliphatic heterocycles. The van der Waals surface area contributed by atoms with Gasteiger partial charge in [-0.1, -0.05) is 22.0 Å². The average Bonchev–Trinajstić information content (AvgIpc) is 2.35. The predicted octanol–water partition coefficient (Wildman–Crippen LogP) is 1.59. The molecule has 0 aliphatic carbocycles. The number of carboxylic acids is 1. The number of aliphatic carboxylic acids is 1. The van der Waals surface area contributed by atoms with Crippen molar-refractivity contribution in [2.45, 2.75) is 10.9 Å². The highest BCUT2D eigenvalue weighted by atomic mass is 79.9. The van der Waals surface area contributed by atoms with Gasteiger partial charge in [0.25, 0.3) is 0 Å². The van der Waals surface area contributed by atoms with E-state index in [1.807, 2.05) is 0 Å². The molecular formula is C11H13BrO5. The van der Waals surface area contributed by atoms with Gasteiger partial charge in [-0.05, 0) is 17.7 Å². The molecule has 2 unspecified atom stereocenters. The minimum atomic E-state index is -1.16. The molecule has 0 fully saturated rings. The van der Waals surface area contributed by atoms with E-state index < -0.39 is 16.9 Å². The number of hydrogen-bond donors (Lipinski definition) is 2. The summed E-state index contributed by atoms with van der Waals surface area (Å²) in [5.74, 6) is -0.175. The van der Waals surface area contributed by atoms with Crippen LogP contribution in [-0.2, 0) is 4.79 Å². The molecule has 0 aromatic heterocycles. The van der Waals surface area contributed by atoms with Crippen LogP contribution in [0.5, 0.6) is 11.5 Å². The molecule has 0 heterocycles. The van der Waals surface area contributed by atoms with Crippen LogP contribution in [0, 0.1) is 0 Å². The summed E-state index contributed by atoms with van der Waals surface area (Å²) < 4.78 is 10.1. The molecule has 94 valence electrons. The maximum atomic E-state index is 10.7. The Balaban J connectivity index is 3.03. The van der Waals surface area contributed by atoms with E-state index in [2.05, 4.69) is 15.9 Å². The van der Waals surface area contributed by atoms with E-state index in [1.54, 1.807) is 18.2 Å². The smallest absolute Gasteiger partial charge is 0.320 e. The van der Waals surface area contributed by atoms with Crippen LogP contribution in [0.2, 0.25) is 0 Å². The third-order valence-electron chi connectivity index (χ3n) is 2.26. The van der Waals surface area contributed by atoms with Gasteiger partial charge in [-0.25, -0.2) is 0 Å². The largest absolute Gasteiger partial charge is 0.493 e. The van der Waals surface area contributed by atoms with Crippen LogP contribution in [0.25, 0.3) is 0 Å². The standard InChI is InChI=1S/C11H13BrO5/c1-16-7-4-3-6(5-8(7)17-2)10(13)9(12)11(14)15/h3-5,9-10,13H,1-2H3,(H,14,15). The van der Waals surface area contributed by atoms with Crippen molar-refractivity contribution in [2.24, 2.45) is 0 Å². The van der Waals surface area contributed by atoms with E-state index in [0.29, 0.717) is 17.1 Å². The van der Waals surface area contributed by atoms with Crippen LogP contribution in [-0.4, -0.2) is 35.2 Å². The van der Waals surface area contributed by atoms with Crippen LogP contribution in [0.3, 0.4) is 0 Å². The molecule has 0 spiro atoms. The van der Waals surface area contributed by atoms with Gasteiger partial charge in [0.2, 0.25) is 0 Å². The lowest BCUT2D eigenvalue weighted by Crippen LogP contribution is -2.21. The van der Waals surface area contributed by atoms with Gasteiger partial charge in [0.05, 0.1) is 14.2 Å². The molecule has 0 radical (unpaired) electrons. The maximum absolute atomic E-state index is 10.7. The molecule has 5 nitrogen and oxygen atoms in total. The Labute approximate surface area is 107 Å². The Bertz CT molecular complexity index is 407. The maximum Gasteiger partial charge on any atom is 0.320 e. The second kappa shape index (κ2) is 5.88. The summed E-state index contributed by atoms with van der Waals surface area (Å²) in [6.07, 6.45) is -1.16. The van der Waals surface area contributed by atoms with Crippen LogP contribution in [0.1, 0.15) is 11.7 Å². The molecule has 0 saturated heterocycles. The van der Waals surface area contributed by atoms with E-state index >= 15 is 0 Å². The van der Waals surface area contributed by atoms with Crippen molar-refractivity contribution in [1.82, 2.24) is 0 Å². The molecule has 1 aromatic rings. The van der Waals surface area contributed by atoms with E-state index in [4.69, 9.17) is 14.6 Å². The van der Waals surface area contributed by atoms with E-state index in [-0.39, 0.29) is 0 Å². The number of benzene rings is 1. The Morgan fingerprint density at radius 1 is 1.29 bits per heavy atom. The van der Waals surface area contributed by atoms with Gasteiger partial charge in [0, 0.05) is 0 Å². The topological polar surface area (TPSA) is 76.0 Å². The molecule has 0 bridgehead atoms. The van der Waals surface area contributed by atoms with Crippen LogP contribution < -0.4 is 9.47 Å². The summed E-state index contributed by atoms with van der Waals surface area (Å²) in [5, 5.41) is 18.6. The molecule has 6 heteroatoms. The summed E-state index contributed by atoms with van der Waals surface area (Å²) in [6, 6.07) is 4.74. The molecule has 17 heavy (non-hydrogen) atoms. The zero-order valence-corrected chi connectivity index (χ0v) is 11.0. The minimum absolute atomic E-state index is 0.437. The number of hydrogen-bond acceptors (Lipinski definition) is 4. The SMILES string of the molecule is COc1ccc(C(O)C(Br)C(=O)O)cc1OC. The highest BCUT2D eigenvalue weighted by Gasteiger charge is 2.25. The number of rotatable bonds is 5. The van der Waals surface area contributed by atoms with Crippen molar-refractivity contribution in [2.75, 3.05) is 14.2 Å². The van der Waals surface area contributed by atoms with Crippen molar-refractivity contribution in [3.63, 3.8) is 0 Å². The lowest BCUT2D eigenvalue weighted by atomic mass is 10.1. The fourth-order valence-electron chi connectivity index (χ4n) is 1.34. The third-order valence-corrected chi connectivity index (χ3v) is 3.15. The summed E-state index contributed by atoms with van der Waals surface area (Å²) in [6.45, 7) is 0. The molecule has 1 rings (SSSR count). The Kier molecular flexibility index (Phi) is 4.77. The molecule has 0 amide bonds. The number of carboxylic acid groups (broad SMARTS) is 1. The molecule has 1 aromatic carbocycles. The number of methoxy groups -OCH3 is 2. The van der Waals surface area contributed by atoms with Crippen molar-refractivity contribution >= 4 is 21.9 Å². The first kappa shape index (κ1) is 13.8. The summed E-state index contributed by atoms with van der Waals surface area (Å²) in [7, 11) is 2.97. The second-order valence-electron chi connectivity index (χ2n) is 3.30. The first-order valence-electron chi connectivity index (χ1n) is 4.78. The van der Waals surface area contributed by atoms with Crippen molar-refractivity contribution in [3.05, 3.63) is 23.8 Å². The van der Waals surface area contributed by atoms with Gasteiger partial charge >= 0.3 is 5.97 Å². The van der Waals surface area contributed by atoms with Crippen molar-refractivity contribution in [1.29, 1.82) is 0 Å². The highest BCUT2D eigenvalue weighted by molar-refractivity contribution is 9.10. The summed E-state index contributed by atoms with van der Waals surface area (Å²) in [5.41, 5.74) is 0.437. The molecule has 0 aliphatic rings. The third kappa shape index (κ3) is 3.10. The van der Waals surface area contributed by atoms with Crippen LogP contribution in [0.4, 0.5) is 0 Å². The van der Waals surface area contributed by atoms with Crippen molar-refractivity contribution in [3.8, 4) is 11.5 Å². The number of alkyl halides is 1. The number of carbonyl (C=O) groups is 1. The highest BCUT2D eigenvalue weighted by Crippen LogP contribution is 2.32. The van der Waals surface area contributed by atoms with E-state index in [9.17, 15) is 9.90 Å². The van der Waals surface area contributed by atoms with Gasteiger partial charge in [-0.15, -0.1) is 0 Å². The number of aliphatic hydroxyl groups is 1. The first-order valence-corrected chi connectivity index (χ1v) is 5.69. The zero-order chi connectivity index (χ0) is 13.0. The van der Waals surface area contributed by atoms with Gasteiger partial charge in [-0.3, -0.25) is 4.79 Å². The first-order chi connectivity index (χ1) is 8.01. The average molecular weight is 305 g/mol. The molecule has 2 N–H and O–H groups in total. The Morgan fingerprint density at radius 2 is 1.88 bits per heavy atom. The predicted molar refractivity (Wildman–Crippen MR) is 64.9 cm³/mol. The lowest BCUT2D eigenvalue weighted by molar-refractivity contribution is -0.138. The van der Waals surface area contributed by atoms with E-state index in [1.165, 1.54) is 14.2 Å². The number of halogens is 1. The van der Waals surface area contributed by atoms with E-state index in [0.717, 1.165) is 0 Å². The fraction of sp³-hybridized carbons (Fsp3) is 0.364. The van der Waals surface area contributed by atoms with Gasteiger partial charge < -0.3 is 19.7 Å². The van der Waals surface area contributed by atoms with Gasteiger partial charge in [0.15, 0.2) is 11.5 Å². The number of aliphatic hydroxyl groups excluding tert-OH is 1. The summed E-state index contributed by atoms with van der Waals surface area (Å²) >= 11 is 2.90. The second-order valence-corrected chi connectivity index (χ2v) is 4.29. The minimum Gasteiger partial charge on any atom is -0.493 e. The summed E-state index contributed by atoms with van der Waals surface area (Å²) in [4.78, 5) is 9.66. The lowest BCUT2D eigenvalue weighted by Gasteiger charge is -2.16. The number of ether oxygens (including phenoxy) is 2.